The van der Waals surface area contributed by atoms with Crippen molar-refractivity contribution in [1.29, 1.82) is 0 Å². The molecule has 0 bridgehead atoms. The molecule has 7 heteroatoms. The van der Waals surface area contributed by atoms with E-state index in [0.29, 0.717) is 34.4 Å². The van der Waals surface area contributed by atoms with Gasteiger partial charge in [0.25, 0.3) is 5.91 Å². The fraction of sp³-hybridized carbons (Fsp3) is 0.280. The highest BCUT2D eigenvalue weighted by Gasteiger charge is 2.20. The number of phenols is 1. The number of hydrogen-bond donors (Lipinski definition) is 1. The van der Waals surface area contributed by atoms with Crippen molar-refractivity contribution < 1.29 is 9.90 Å². The molecule has 4 aromatic rings. The maximum absolute atomic E-state index is 13.5. The van der Waals surface area contributed by atoms with Crippen molar-refractivity contribution in [3.05, 3.63) is 70.7 Å². The highest BCUT2D eigenvalue weighted by atomic mass is 16.3. The Labute approximate surface area is 187 Å². The molecule has 0 radical (unpaired) electrons. The summed E-state index contributed by atoms with van der Waals surface area (Å²) in [6.07, 6.45) is 1.81. The van der Waals surface area contributed by atoms with Crippen LogP contribution in [0.5, 0.6) is 5.75 Å². The largest absolute Gasteiger partial charge is 0.508 e. The Kier molecular flexibility index (Phi) is 5.65. The third kappa shape index (κ3) is 4.06. The summed E-state index contributed by atoms with van der Waals surface area (Å²) >= 11 is 0. The Hall–Kier alpha value is -3.74. The van der Waals surface area contributed by atoms with Crippen LogP contribution in [0, 0.1) is 20.8 Å². The molecule has 164 valence electrons. The number of aromatic nitrogens is 4. The lowest BCUT2D eigenvalue weighted by atomic mass is 10.0. The molecule has 0 fully saturated rings. The predicted octanol–water partition coefficient (Wildman–Crippen LogP) is 4.42. The molecule has 0 aliphatic heterocycles. The van der Waals surface area contributed by atoms with Crippen molar-refractivity contribution in [2.75, 3.05) is 7.05 Å². The molecule has 32 heavy (non-hydrogen) atoms. The normalized spacial score (nSPS) is 11.2. The van der Waals surface area contributed by atoms with Gasteiger partial charge in [0.2, 0.25) is 0 Å². The van der Waals surface area contributed by atoms with Crippen LogP contribution in [-0.2, 0) is 13.1 Å². The average Bonchev–Trinajstić information content (AvgIpc) is 3.11. The zero-order valence-corrected chi connectivity index (χ0v) is 19.0. The summed E-state index contributed by atoms with van der Waals surface area (Å²) in [6, 6.07) is 10.6. The Morgan fingerprint density at radius 2 is 1.81 bits per heavy atom. The quantitative estimate of drug-likeness (QED) is 0.508. The van der Waals surface area contributed by atoms with Gasteiger partial charge in [0.15, 0.2) is 0 Å². The summed E-state index contributed by atoms with van der Waals surface area (Å²) in [5.41, 5.74) is 6.47. The van der Waals surface area contributed by atoms with Gasteiger partial charge in [-0.25, -0.2) is 4.98 Å². The maximum Gasteiger partial charge on any atom is 0.254 e. The number of fused-ring (bicyclic) bond motifs is 1. The first kappa shape index (κ1) is 21.5. The number of pyridine rings is 2. The number of hydrogen-bond acceptors (Lipinski definition) is 5. The first-order valence-electron chi connectivity index (χ1n) is 10.6. The number of aromatic hydroxyl groups is 1. The standard InChI is InChI=1S/C25H27N5O2/c1-6-30-17(4)18(13-26-30)14-29(5)25(32)21-12-24(23-10-15(2)9-16(3)27-23)28-22-8-7-19(31)11-20(21)22/h7-13,31H,6,14H2,1-5H3. The van der Waals surface area contributed by atoms with Gasteiger partial charge in [-0.2, -0.15) is 5.10 Å². The van der Waals surface area contributed by atoms with Crippen LogP contribution in [0.3, 0.4) is 0 Å². The summed E-state index contributed by atoms with van der Waals surface area (Å²) < 4.78 is 1.91. The minimum Gasteiger partial charge on any atom is -0.508 e. The number of benzene rings is 1. The Balaban J connectivity index is 1.79. The van der Waals surface area contributed by atoms with Crippen LogP contribution in [0.1, 0.15) is 39.8 Å². The van der Waals surface area contributed by atoms with Gasteiger partial charge in [-0.05, 0) is 69.7 Å². The molecule has 0 unspecified atom stereocenters. The third-order valence-corrected chi connectivity index (χ3v) is 5.64. The number of carbonyl (C=O) groups excluding carboxylic acids is 1. The topological polar surface area (TPSA) is 84.1 Å². The molecule has 1 amide bonds. The molecule has 3 heterocycles. The van der Waals surface area contributed by atoms with Crippen LogP contribution < -0.4 is 0 Å². The smallest absolute Gasteiger partial charge is 0.254 e. The zero-order valence-electron chi connectivity index (χ0n) is 19.0. The van der Waals surface area contributed by atoms with Crippen molar-refractivity contribution in [3.8, 4) is 17.1 Å². The van der Waals surface area contributed by atoms with E-state index >= 15 is 0 Å². The van der Waals surface area contributed by atoms with Crippen LogP contribution in [0.4, 0.5) is 0 Å². The van der Waals surface area contributed by atoms with Gasteiger partial charge < -0.3 is 10.0 Å². The molecule has 4 rings (SSSR count). The van der Waals surface area contributed by atoms with Crippen LogP contribution in [-0.4, -0.2) is 42.7 Å². The summed E-state index contributed by atoms with van der Waals surface area (Å²) in [4.78, 5) is 24.6. The number of phenolic OH excluding ortho intramolecular Hbond substituents is 1. The molecular formula is C25H27N5O2. The fourth-order valence-corrected chi connectivity index (χ4v) is 3.99. The van der Waals surface area contributed by atoms with Crippen molar-refractivity contribution in [1.82, 2.24) is 24.6 Å². The molecule has 0 saturated heterocycles. The Morgan fingerprint density at radius 3 is 2.50 bits per heavy atom. The van der Waals surface area contributed by atoms with Crippen molar-refractivity contribution >= 4 is 16.8 Å². The van der Waals surface area contributed by atoms with E-state index in [2.05, 4.69) is 10.1 Å². The number of aryl methyl sites for hydroxylation is 3. The molecule has 0 saturated carbocycles. The van der Waals surface area contributed by atoms with Gasteiger partial charge in [-0.15, -0.1) is 0 Å². The maximum atomic E-state index is 13.5. The molecule has 0 atom stereocenters. The van der Waals surface area contributed by atoms with Gasteiger partial charge in [0.05, 0.1) is 28.7 Å². The van der Waals surface area contributed by atoms with Gasteiger partial charge >= 0.3 is 0 Å². The zero-order chi connectivity index (χ0) is 23.0. The minimum absolute atomic E-state index is 0.0911. The van der Waals surface area contributed by atoms with E-state index in [-0.39, 0.29) is 11.7 Å². The van der Waals surface area contributed by atoms with Crippen molar-refractivity contribution in [2.45, 2.75) is 40.8 Å². The van der Waals surface area contributed by atoms with Gasteiger partial charge in [-0.1, -0.05) is 0 Å². The van der Waals surface area contributed by atoms with Crippen molar-refractivity contribution in [2.24, 2.45) is 0 Å². The van der Waals surface area contributed by atoms with E-state index in [1.165, 1.54) is 0 Å². The monoisotopic (exact) mass is 429 g/mol. The van der Waals surface area contributed by atoms with E-state index < -0.39 is 0 Å². The molecule has 7 nitrogen and oxygen atoms in total. The molecule has 0 aliphatic rings. The molecule has 0 spiro atoms. The summed E-state index contributed by atoms with van der Waals surface area (Å²) in [7, 11) is 1.77. The van der Waals surface area contributed by atoms with E-state index in [1.54, 1.807) is 36.2 Å². The number of nitrogens with zero attached hydrogens (tertiary/aromatic N) is 5. The molecule has 3 aromatic heterocycles. The highest BCUT2D eigenvalue weighted by molar-refractivity contribution is 6.07. The van der Waals surface area contributed by atoms with Crippen LogP contribution >= 0.6 is 0 Å². The van der Waals surface area contributed by atoms with E-state index in [1.807, 2.05) is 50.7 Å². The summed E-state index contributed by atoms with van der Waals surface area (Å²) in [6.45, 7) is 9.21. The summed E-state index contributed by atoms with van der Waals surface area (Å²) in [5, 5.41) is 15.0. The molecule has 0 aliphatic carbocycles. The number of carbonyl (C=O) groups is 1. The lowest BCUT2D eigenvalue weighted by Gasteiger charge is -2.19. The number of rotatable bonds is 5. The molecule has 1 aromatic carbocycles. The second kappa shape index (κ2) is 8.42. The predicted molar refractivity (Wildman–Crippen MR) is 125 cm³/mol. The van der Waals surface area contributed by atoms with Gasteiger partial charge in [-0.3, -0.25) is 14.5 Å². The lowest BCUT2D eigenvalue weighted by Crippen LogP contribution is -2.26. The minimum atomic E-state index is -0.155. The Morgan fingerprint density at radius 1 is 1.06 bits per heavy atom. The van der Waals surface area contributed by atoms with E-state index in [9.17, 15) is 9.90 Å². The Bertz CT molecular complexity index is 1310. The van der Waals surface area contributed by atoms with Crippen LogP contribution in [0.15, 0.2) is 42.6 Å². The van der Waals surface area contributed by atoms with Gasteiger partial charge in [0, 0.05) is 42.5 Å². The van der Waals surface area contributed by atoms with Gasteiger partial charge in [0.1, 0.15) is 5.75 Å². The SMILES string of the molecule is CCn1ncc(CN(C)C(=O)c2cc(-c3cc(C)cc(C)n3)nc3ccc(O)cc23)c1C. The van der Waals surface area contributed by atoms with Crippen molar-refractivity contribution in [3.63, 3.8) is 0 Å². The molecule has 1 N–H and O–H groups in total. The fourth-order valence-electron chi connectivity index (χ4n) is 3.99. The second-order valence-corrected chi connectivity index (χ2v) is 8.16. The third-order valence-electron chi connectivity index (χ3n) is 5.64. The van der Waals surface area contributed by atoms with Crippen LogP contribution in [0.2, 0.25) is 0 Å². The first-order valence-corrected chi connectivity index (χ1v) is 10.6. The molecular weight excluding hydrogens is 402 g/mol. The average molecular weight is 430 g/mol. The first-order chi connectivity index (χ1) is 15.3. The van der Waals surface area contributed by atoms with Crippen LogP contribution in [0.25, 0.3) is 22.3 Å². The number of amides is 1. The second-order valence-electron chi connectivity index (χ2n) is 8.16. The summed E-state index contributed by atoms with van der Waals surface area (Å²) in [5.74, 6) is -0.0642. The van der Waals surface area contributed by atoms with E-state index in [4.69, 9.17) is 4.98 Å². The lowest BCUT2D eigenvalue weighted by molar-refractivity contribution is 0.0787. The highest BCUT2D eigenvalue weighted by Crippen LogP contribution is 2.28. The van der Waals surface area contributed by atoms with E-state index in [0.717, 1.165) is 29.1 Å².